The molecule has 0 amide bonds. The van der Waals surface area contributed by atoms with E-state index in [1.807, 2.05) is 0 Å². The van der Waals surface area contributed by atoms with Gasteiger partial charge in [0.15, 0.2) is 0 Å². The number of hydrogen-bond acceptors (Lipinski definition) is 3. The SMILES string of the molecule is Cc1cc(CO[P+](=O)O)ccc1O. The van der Waals surface area contributed by atoms with Crippen molar-refractivity contribution in [3.8, 4) is 5.75 Å². The molecule has 1 rings (SSSR count). The van der Waals surface area contributed by atoms with Crippen molar-refractivity contribution >= 4 is 8.25 Å². The number of benzene rings is 1. The van der Waals surface area contributed by atoms with Gasteiger partial charge in [-0.05, 0) is 30.2 Å². The third-order valence-corrected chi connectivity index (χ3v) is 1.95. The zero-order chi connectivity index (χ0) is 9.84. The first-order valence-corrected chi connectivity index (χ1v) is 4.80. The van der Waals surface area contributed by atoms with Gasteiger partial charge in [-0.1, -0.05) is 6.07 Å². The number of aryl methyl sites for hydroxylation is 1. The van der Waals surface area contributed by atoms with Crippen molar-refractivity contribution in [1.29, 1.82) is 0 Å². The van der Waals surface area contributed by atoms with E-state index in [1.165, 1.54) is 6.07 Å². The van der Waals surface area contributed by atoms with Crippen LogP contribution in [0.5, 0.6) is 5.75 Å². The first-order chi connectivity index (χ1) is 6.09. The van der Waals surface area contributed by atoms with E-state index in [0.717, 1.165) is 5.56 Å². The summed E-state index contributed by atoms with van der Waals surface area (Å²) in [6.07, 6.45) is 0. The fourth-order valence-electron chi connectivity index (χ4n) is 0.937. The fraction of sp³-hybridized carbons (Fsp3) is 0.250. The van der Waals surface area contributed by atoms with Gasteiger partial charge in [-0.2, -0.15) is 0 Å². The van der Waals surface area contributed by atoms with E-state index in [0.29, 0.717) is 5.56 Å². The lowest BCUT2D eigenvalue weighted by Crippen LogP contribution is -1.86. The highest BCUT2D eigenvalue weighted by atomic mass is 31.1. The van der Waals surface area contributed by atoms with Gasteiger partial charge in [0.25, 0.3) is 0 Å². The molecule has 2 N–H and O–H groups in total. The van der Waals surface area contributed by atoms with Gasteiger partial charge in [0, 0.05) is 4.57 Å². The molecular weight excluding hydrogens is 191 g/mol. The standard InChI is InChI=1S/C8H9O4P/c1-6-4-7(2-3-8(6)9)5-12-13(10)11/h2-4H,5H2,1H3,(H-,9,10,11)/p+1. The number of rotatable bonds is 3. The average Bonchev–Trinajstić information content (AvgIpc) is 2.07. The lowest BCUT2D eigenvalue weighted by atomic mass is 10.1. The van der Waals surface area contributed by atoms with E-state index in [4.69, 9.17) is 4.89 Å². The topological polar surface area (TPSA) is 66.8 Å². The maximum absolute atomic E-state index is 10.2. The monoisotopic (exact) mass is 201 g/mol. The number of phenols is 1. The Morgan fingerprint density at radius 2 is 2.23 bits per heavy atom. The van der Waals surface area contributed by atoms with Crippen molar-refractivity contribution < 1.29 is 19.1 Å². The van der Waals surface area contributed by atoms with Crippen LogP contribution in [0.2, 0.25) is 0 Å². The van der Waals surface area contributed by atoms with Crippen molar-refractivity contribution in [2.75, 3.05) is 0 Å². The Morgan fingerprint density at radius 3 is 2.77 bits per heavy atom. The molecule has 0 saturated heterocycles. The molecule has 0 radical (unpaired) electrons. The molecule has 1 aromatic rings. The first kappa shape index (κ1) is 10.1. The molecule has 4 nitrogen and oxygen atoms in total. The molecular formula is C8H10O4P+. The van der Waals surface area contributed by atoms with Crippen LogP contribution in [0.4, 0.5) is 0 Å². The predicted molar refractivity (Wildman–Crippen MR) is 47.5 cm³/mol. The van der Waals surface area contributed by atoms with Gasteiger partial charge in [-0.15, -0.1) is 9.42 Å². The molecule has 13 heavy (non-hydrogen) atoms. The van der Waals surface area contributed by atoms with Crippen LogP contribution in [0.3, 0.4) is 0 Å². The van der Waals surface area contributed by atoms with Crippen LogP contribution in [0.25, 0.3) is 0 Å². The zero-order valence-corrected chi connectivity index (χ0v) is 7.99. The summed E-state index contributed by atoms with van der Waals surface area (Å²) in [5.74, 6) is 0.206. The molecule has 5 heteroatoms. The Bertz CT molecular complexity index is 324. The predicted octanol–water partition coefficient (Wildman–Crippen LogP) is 1.87. The largest absolute Gasteiger partial charge is 0.695 e. The minimum Gasteiger partial charge on any atom is -0.508 e. The molecule has 0 fully saturated rings. The lowest BCUT2D eigenvalue weighted by molar-refractivity contribution is 0.272. The molecule has 0 heterocycles. The molecule has 0 spiro atoms. The van der Waals surface area contributed by atoms with Crippen LogP contribution < -0.4 is 0 Å². The van der Waals surface area contributed by atoms with E-state index >= 15 is 0 Å². The van der Waals surface area contributed by atoms with Gasteiger partial charge >= 0.3 is 8.25 Å². The van der Waals surface area contributed by atoms with Crippen LogP contribution in [-0.4, -0.2) is 10.00 Å². The summed E-state index contributed by atoms with van der Waals surface area (Å²) >= 11 is 0. The van der Waals surface area contributed by atoms with Crippen LogP contribution in [-0.2, 0) is 15.7 Å². The highest BCUT2D eigenvalue weighted by Gasteiger charge is 2.11. The average molecular weight is 201 g/mol. The van der Waals surface area contributed by atoms with E-state index in [9.17, 15) is 9.67 Å². The number of aromatic hydroxyl groups is 1. The fourth-order valence-corrected chi connectivity index (χ4v) is 1.20. The second kappa shape index (κ2) is 4.33. The molecule has 0 saturated carbocycles. The van der Waals surface area contributed by atoms with Gasteiger partial charge in [-0.25, -0.2) is 0 Å². The number of hydrogen-bond donors (Lipinski definition) is 2. The van der Waals surface area contributed by atoms with E-state index in [2.05, 4.69) is 4.52 Å². The molecule has 70 valence electrons. The molecule has 0 aliphatic rings. The van der Waals surface area contributed by atoms with Crippen molar-refractivity contribution in [2.24, 2.45) is 0 Å². The Morgan fingerprint density at radius 1 is 1.54 bits per heavy atom. The highest BCUT2D eigenvalue weighted by Crippen LogP contribution is 2.21. The summed E-state index contributed by atoms with van der Waals surface area (Å²) < 4.78 is 14.7. The lowest BCUT2D eigenvalue weighted by Gasteiger charge is -1.99. The normalized spacial score (nSPS) is 11.4. The number of phenolic OH excluding ortho intramolecular Hbond substituents is 1. The smallest absolute Gasteiger partial charge is 0.508 e. The van der Waals surface area contributed by atoms with Gasteiger partial charge in [0.1, 0.15) is 12.4 Å². The van der Waals surface area contributed by atoms with Crippen LogP contribution in [0.15, 0.2) is 18.2 Å². The van der Waals surface area contributed by atoms with Crippen molar-refractivity contribution in [3.05, 3.63) is 29.3 Å². The summed E-state index contributed by atoms with van der Waals surface area (Å²) in [6.45, 7) is 1.82. The third-order valence-electron chi connectivity index (χ3n) is 1.60. The van der Waals surface area contributed by atoms with Gasteiger partial charge in [-0.3, -0.25) is 0 Å². The summed E-state index contributed by atoms with van der Waals surface area (Å²) in [4.78, 5) is 8.38. The Labute approximate surface area is 76.7 Å². The van der Waals surface area contributed by atoms with Crippen LogP contribution in [0.1, 0.15) is 11.1 Å². The summed E-state index contributed by atoms with van der Waals surface area (Å²) in [6, 6.07) is 4.87. The molecule has 0 aliphatic heterocycles. The molecule has 0 bridgehead atoms. The molecule has 1 atom stereocenters. The summed E-state index contributed by atoms with van der Waals surface area (Å²) in [5, 5.41) is 9.17. The Kier molecular flexibility index (Phi) is 3.37. The van der Waals surface area contributed by atoms with Crippen LogP contribution >= 0.6 is 8.25 Å². The second-order valence-corrected chi connectivity index (χ2v) is 3.37. The van der Waals surface area contributed by atoms with Crippen LogP contribution in [0, 0.1) is 6.92 Å². The quantitative estimate of drug-likeness (QED) is 0.732. The zero-order valence-electron chi connectivity index (χ0n) is 7.10. The third kappa shape index (κ3) is 3.11. The van der Waals surface area contributed by atoms with E-state index < -0.39 is 8.25 Å². The Hall–Kier alpha value is -0.960. The second-order valence-electron chi connectivity index (χ2n) is 2.63. The first-order valence-electron chi connectivity index (χ1n) is 3.67. The molecule has 1 unspecified atom stereocenters. The van der Waals surface area contributed by atoms with Gasteiger partial charge in [0.2, 0.25) is 0 Å². The summed E-state index contributed by atoms with van der Waals surface area (Å²) in [7, 11) is -2.55. The van der Waals surface area contributed by atoms with Crippen molar-refractivity contribution in [3.63, 3.8) is 0 Å². The summed E-state index contributed by atoms with van der Waals surface area (Å²) in [5.41, 5.74) is 1.47. The highest BCUT2D eigenvalue weighted by molar-refractivity contribution is 7.32. The molecule has 0 aliphatic carbocycles. The van der Waals surface area contributed by atoms with E-state index in [1.54, 1.807) is 19.1 Å². The molecule has 1 aromatic carbocycles. The van der Waals surface area contributed by atoms with Crippen molar-refractivity contribution in [1.82, 2.24) is 0 Å². The van der Waals surface area contributed by atoms with Gasteiger partial charge in [0.05, 0.1) is 0 Å². The maximum Gasteiger partial charge on any atom is 0.695 e. The minimum atomic E-state index is -2.55. The molecule has 0 aromatic heterocycles. The van der Waals surface area contributed by atoms with Gasteiger partial charge < -0.3 is 5.11 Å². The Balaban J connectivity index is 2.68. The van der Waals surface area contributed by atoms with Crippen molar-refractivity contribution in [2.45, 2.75) is 13.5 Å². The maximum atomic E-state index is 10.2. The minimum absolute atomic E-state index is 0.0762. The van der Waals surface area contributed by atoms with E-state index in [-0.39, 0.29) is 12.4 Å².